The fourth-order valence-corrected chi connectivity index (χ4v) is 5.69. The van der Waals surface area contributed by atoms with E-state index < -0.39 is 17.9 Å². The zero-order chi connectivity index (χ0) is 23.9. The monoisotopic (exact) mass is 475 g/mol. The minimum atomic E-state index is -2.50. The van der Waals surface area contributed by atoms with E-state index in [1.165, 1.54) is 4.90 Å². The zero-order valence-corrected chi connectivity index (χ0v) is 19.2. The normalized spacial score (nSPS) is 29.3. The molecule has 1 unspecified atom stereocenters. The number of carbonyl (C=O) groups is 3. The largest absolute Gasteiger partial charge is 0.489 e. The van der Waals surface area contributed by atoms with Crippen LogP contribution in [0.1, 0.15) is 73.7 Å². The molecule has 0 aromatic heterocycles. The number of nitrogens with zero attached hydrogens (tertiary/aromatic N) is 1. The average Bonchev–Trinajstić information content (AvgIpc) is 2.93. The second-order valence-electron chi connectivity index (χ2n) is 10.2. The summed E-state index contributed by atoms with van der Waals surface area (Å²) in [5.74, 6) is -2.75. The number of rotatable bonds is 6. The molecule has 1 aromatic carbocycles. The number of halogens is 2. The first-order chi connectivity index (χ1) is 16.3. The number of benzene rings is 1. The van der Waals surface area contributed by atoms with E-state index in [-0.39, 0.29) is 49.1 Å². The van der Waals surface area contributed by atoms with E-state index in [9.17, 15) is 23.2 Å². The van der Waals surface area contributed by atoms with Crippen LogP contribution in [0.5, 0.6) is 5.75 Å². The molecule has 5 rings (SSSR count). The van der Waals surface area contributed by atoms with Crippen LogP contribution in [-0.4, -0.2) is 53.3 Å². The Labute approximate surface area is 197 Å². The van der Waals surface area contributed by atoms with Gasteiger partial charge in [-0.2, -0.15) is 0 Å². The van der Waals surface area contributed by atoms with Crippen LogP contribution in [-0.2, 0) is 16.1 Å². The Balaban J connectivity index is 1.24. The molecular weight excluding hydrogens is 444 g/mol. The number of hydrogen-bond acceptors (Lipinski definition) is 5. The number of alkyl halides is 2. The lowest BCUT2D eigenvalue weighted by Crippen LogP contribution is -2.52. The van der Waals surface area contributed by atoms with Gasteiger partial charge < -0.3 is 15.0 Å². The number of piperidine rings is 1. The summed E-state index contributed by atoms with van der Waals surface area (Å²) in [5.41, 5.74) is 1.36. The Kier molecular flexibility index (Phi) is 6.31. The molecule has 4 aliphatic rings. The molecule has 0 radical (unpaired) electrons. The van der Waals surface area contributed by atoms with E-state index in [0.29, 0.717) is 30.8 Å². The zero-order valence-electron chi connectivity index (χ0n) is 19.2. The van der Waals surface area contributed by atoms with Crippen LogP contribution >= 0.6 is 0 Å². The van der Waals surface area contributed by atoms with Gasteiger partial charge in [0.2, 0.25) is 17.7 Å². The summed E-state index contributed by atoms with van der Waals surface area (Å²) in [7, 11) is 0. The first-order valence-electron chi connectivity index (χ1n) is 12.3. The van der Waals surface area contributed by atoms with Crippen LogP contribution in [0, 0.1) is 5.92 Å². The van der Waals surface area contributed by atoms with E-state index in [0.717, 1.165) is 37.7 Å². The standard InChI is InChI=1S/C25H31F2N3O4/c26-25(27)11-15(12-25)13-28-19-4-2-1-3-5-21(19)34-17-6-7-18-16(10-17)14-30(24(18)33)20-8-9-22(31)29-23(20)32/h6-7,10,15,19-21,28H,1-5,8-9,11-14H2,(H,29,31,32)/t19-,20?,21-/m0/s1. The van der Waals surface area contributed by atoms with Gasteiger partial charge in [-0.25, -0.2) is 8.78 Å². The fraction of sp³-hybridized carbons (Fsp3) is 0.640. The number of imide groups is 1. The van der Waals surface area contributed by atoms with Gasteiger partial charge in [-0.3, -0.25) is 19.7 Å². The molecular formula is C25H31F2N3O4. The summed E-state index contributed by atoms with van der Waals surface area (Å²) in [6.45, 7) is 0.888. The Hall–Kier alpha value is -2.55. The molecule has 1 aromatic rings. The molecule has 0 bridgehead atoms. The van der Waals surface area contributed by atoms with Crippen molar-refractivity contribution in [3.05, 3.63) is 29.3 Å². The van der Waals surface area contributed by atoms with Gasteiger partial charge in [0.25, 0.3) is 5.91 Å². The highest BCUT2D eigenvalue weighted by atomic mass is 19.3. The Morgan fingerprint density at radius 1 is 1.09 bits per heavy atom. The average molecular weight is 476 g/mol. The molecule has 2 saturated carbocycles. The number of amides is 3. The van der Waals surface area contributed by atoms with Crippen LogP contribution in [0.3, 0.4) is 0 Å². The number of fused-ring (bicyclic) bond motifs is 1. The highest BCUT2D eigenvalue weighted by Gasteiger charge is 2.45. The maximum absolute atomic E-state index is 13.2. The Morgan fingerprint density at radius 3 is 2.65 bits per heavy atom. The van der Waals surface area contributed by atoms with Crippen molar-refractivity contribution in [3.8, 4) is 5.75 Å². The summed E-state index contributed by atoms with van der Waals surface area (Å²) < 4.78 is 32.8. The van der Waals surface area contributed by atoms with Crippen molar-refractivity contribution in [2.75, 3.05) is 6.54 Å². The van der Waals surface area contributed by atoms with Crippen LogP contribution < -0.4 is 15.4 Å². The molecule has 184 valence electrons. The van der Waals surface area contributed by atoms with Gasteiger partial charge in [0, 0.05) is 37.4 Å². The van der Waals surface area contributed by atoms with Crippen molar-refractivity contribution in [2.24, 2.45) is 5.92 Å². The lowest BCUT2D eigenvalue weighted by Gasteiger charge is -2.37. The molecule has 2 aliphatic heterocycles. The third kappa shape index (κ3) is 4.80. The van der Waals surface area contributed by atoms with Gasteiger partial charge in [0.05, 0.1) is 0 Å². The van der Waals surface area contributed by atoms with Crippen LogP contribution in [0.4, 0.5) is 8.78 Å². The number of ether oxygens (including phenoxy) is 1. The quantitative estimate of drug-likeness (QED) is 0.488. The summed E-state index contributed by atoms with van der Waals surface area (Å²) in [6, 6.07) is 4.86. The minimum Gasteiger partial charge on any atom is -0.489 e. The molecule has 2 N–H and O–H groups in total. The highest BCUT2D eigenvalue weighted by molar-refractivity contribution is 6.05. The number of hydrogen-bond donors (Lipinski definition) is 2. The molecule has 1 saturated heterocycles. The van der Waals surface area contributed by atoms with Crippen LogP contribution in [0.25, 0.3) is 0 Å². The molecule has 3 atom stereocenters. The van der Waals surface area contributed by atoms with Crippen molar-refractivity contribution in [3.63, 3.8) is 0 Å². The predicted octanol–water partition coefficient (Wildman–Crippen LogP) is 3.16. The first-order valence-corrected chi connectivity index (χ1v) is 12.3. The summed E-state index contributed by atoms with van der Waals surface area (Å²) >= 11 is 0. The summed E-state index contributed by atoms with van der Waals surface area (Å²) in [6.07, 6.45) is 5.49. The van der Waals surface area contributed by atoms with Crippen LogP contribution in [0.2, 0.25) is 0 Å². The van der Waals surface area contributed by atoms with Gasteiger partial charge >= 0.3 is 0 Å². The molecule has 2 heterocycles. The molecule has 7 nitrogen and oxygen atoms in total. The van der Waals surface area contributed by atoms with Gasteiger partial charge in [0.1, 0.15) is 17.9 Å². The molecule has 3 amide bonds. The van der Waals surface area contributed by atoms with Crippen LogP contribution in [0.15, 0.2) is 18.2 Å². The molecule has 2 aliphatic carbocycles. The maximum Gasteiger partial charge on any atom is 0.255 e. The molecule has 34 heavy (non-hydrogen) atoms. The molecule has 3 fully saturated rings. The first kappa shape index (κ1) is 23.2. The fourth-order valence-electron chi connectivity index (χ4n) is 5.69. The number of nitrogens with one attached hydrogen (secondary N) is 2. The van der Waals surface area contributed by atoms with Crippen molar-refractivity contribution in [1.82, 2.24) is 15.5 Å². The van der Waals surface area contributed by atoms with E-state index >= 15 is 0 Å². The summed E-state index contributed by atoms with van der Waals surface area (Å²) in [4.78, 5) is 38.2. The van der Waals surface area contributed by atoms with Gasteiger partial charge in [-0.1, -0.05) is 12.8 Å². The van der Waals surface area contributed by atoms with Crippen molar-refractivity contribution < 1.29 is 27.9 Å². The minimum absolute atomic E-state index is 0.0168. The Bertz CT molecular complexity index is 977. The Morgan fingerprint density at radius 2 is 1.88 bits per heavy atom. The van der Waals surface area contributed by atoms with Gasteiger partial charge in [-0.15, -0.1) is 0 Å². The lowest BCUT2D eigenvalue weighted by molar-refractivity contribution is -0.136. The molecule has 9 heteroatoms. The van der Waals surface area contributed by atoms with E-state index in [1.54, 1.807) is 12.1 Å². The third-order valence-electron chi connectivity index (χ3n) is 7.58. The second-order valence-corrected chi connectivity index (χ2v) is 10.2. The maximum atomic E-state index is 13.2. The highest BCUT2D eigenvalue weighted by Crippen LogP contribution is 2.42. The summed E-state index contributed by atoms with van der Waals surface area (Å²) in [5, 5.41) is 5.81. The van der Waals surface area contributed by atoms with Crippen molar-refractivity contribution in [1.29, 1.82) is 0 Å². The van der Waals surface area contributed by atoms with E-state index in [4.69, 9.17) is 4.74 Å². The van der Waals surface area contributed by atoms with E-state index in [2.05, 4.69) is 10.6 Å². The SMILES string of the molecule is O=C1CCC(N2Cc3cc(O[C@H]4CCCCC[C@@H]4NCC4CC(F)(F)C4)ccc3C2=O)C(=O)N1. The lowest BCUT2D eigenvalue weighted by atomic mass is 9.81. The van der Waals surface area contributed by atoms with E-state index in [1.807, 2.05) is 6.07 Å². The van der Waals surface area contributed by atoms with Crippen molar-refractivity contribution >= 4 is 17.7 Å². The third-order valence-corrected chi connectivity index (χ3v) is 7.58. The van der Waals surface area contributed by atoms with Crippen molar-refractivity contribution in [2.45, 2.75) is 88.4 Å². The predicted molar refractivity (Wildman–Crippen MR) is 119 cm³/mol. The molecule has 0 spiro atoms. The topological polar surface area (TPSA) is 87.7 Å². The smallest absolute Gasteiger partial charge is 0.255 e. The van der Waals surface area contributed by atoms with Gasteiger partial charge in [-0.05, 0) is 61.9 Å². The second kappa shape index (κ2) is 9.24. The van der Waals surface area contributed by atoms with Gasteiger partial charge in [0.15, 0.2) is 0 Å². The number of carbonyl (C=O) groups excluding carboxylic acids is 3.